The highest BCUT2D eigenvalue weighted by Gasteiger charge is 2.06. The van der Waals surface area contributed by atoms with E-state index in [1.165, 1.54) is 0 Å². The lowest BCUT2D eigenvalue weighted by molar-refractivity contribution is -0.143. The van der Waals surface area contributed by atoms with Crippen LogP contribution in [0.3, 0.4) is 0 Å². The molecule has 0 saturated heterocycles. The number of rotatable bonds is 6. The molecule has 0 aromatic rings. The van der Waals surface area contributed by atoms with Crippen molar-refractivity contribution < 1.29 is 19.0 Å². The number of alkyl halides is 1. The molecule has 0 aromatic heterocycles. The molecule has 0 saturated carbocycles. The number of aliphatic hydroxyl groups is 1. The normalized spacial score (nSPS) is 12.6. The van der Waals surface area contributed by atoms with Crippen LogP contribution >= 0.6 is 0 Å². The SMILES string of the molecule is CCOC(=O)CCCC(F)CO. The van der Waals surface area contributed by atoms with Gasteiger partial charge in [0.05, 0.1) is 13.2 Å². The van der Waals surface area contributed by atoms with Crippen molar-refractivity contribution in [1.82, 2.24) is 0 Å². The number of ether oxygens (including phenoxy) is 1. The zero-order chi connectivity index (χ0) is 9.40. The average Bonchev–Trinajstić information content (AvgIpc) is 2.04. The average molecular weight is 178 g/mol. The number of aliphatic hydroxyl groups excluding tert-OH is 1. The Hall–Kier alpha value is -0.640. The van der Waals surface area contributed by atoms with Crippen LogP contribution < -0.4 is 0 Å². The van der Waals surface area contributed by atoms with E-state index in [1.807, 2.05) is 0 Å². The van der Waals surface area contributed by atoms with Crippen molar-refractivity contribution in [1.29, 1.82) is 0 Å². The van der Waals surface area contributed by atoms with E-state index < -0.39 is 12.8 Å². The molecule has 0 aliphatic carbocycles. The third-order valence-electron chi connectivity index (χ3n) is 1.40. The third-order valence-corrected chi connectivity index (χ3v) is 1.40. The Labute approximate surface area is 71.5 Å². The van der Waals surface area contributed by atoms with Crippen LogP contribution in [0.25, 0.3) is 0 Å². The second-order valence-corrected chi connectivity index (χ2v) is 2.48. The molecule has 0 bridgehead atoms. The predicted octanol–water partition coefficient (Wildman–Crippen LogP) is 1.05. The van der Waals surface area contributed by atoms with Crippen molar-refractivity contribution in [2.24, 2.45) is 0 Å². The van der Waals surface area contributed by atoms with E-state index in [2.05, 4.69) is 4.74 Å². The maximum atomic E-state index is 12.4. The number of halogens is 1. The molecule has 4 heteroatoms. The van der Waals surface area contributed by atoms with Gasteiger partial charge in [0.1, 0.15) is 6.17 Å². The molecular weight excluding hydrogens is 163 g/mol. The Kier molecular flexibility index (Phi) is 6.66. The fourth-order valence-electron chi connectivity index (χ4n) is 0.792. The minimum absolute atomic E-state index is 0.218. The van der Waals surface area contributed by atoms with Crippen molar-refractivity contribution in [2.45, 2.75) is 32.4 Å². The summed E-state index contributed by atoms with van der Waals surface area (Å²) in [5.74, 6) is -0.303. The molecule has 3 nitrogen and oxygen atoms in total. The van der Waals surface area contributed by atoms with Gasteiger partial charge in [-0.2, -0.15) is 0 Å². The Morgan fingerprint density at radius 3 is 2.83 bits per heavy atom. The van der Waals surface area contributed by atoms with Gasteiger partial charge in [0, 0.05) is 6.42 Å². The topological polar surface area (TPSA) is 46.5 Å². The molecule has 0 amide bonds. The molecule has 12 heavy (non-hydrogen) atoms. The standard InChI is InChI=1S/C8H15FO3/c1-2-12-8(11)5-3-4-7(9)6-10/h7,10H,2-6H2,1H3. The summed E-state index contributed by atoms with van der Waals surface area (Å²) in [7, 11) is 0. The van der Waals surface area contributed by atoms with Crippen LogP contribution in [0.1, 0.15) is 26.2 Å². The summed E-state index contributed by atoms with van der Waals surface area (Å²) in [5, 5.41) is 8.31. The highest BCUT2D eigenvalue weighted by molar-refractivity contribution is 5.69. The molecule has 1 N–H and O–H groups in total. The van der Waals surface area contributed by atoms with Gasteiger partial charge in [-0.3, -0.25) is 4.79 Å². The molecular formula is C8H15FO3. The van der Waals surface area contributed by atoms with Crippen molar-refractivity contribution >= 4 is 5.97 Å². The van der Waals surface area contributed by atoms with Gasteiger partial charge >= 0.3 is 5.97 Å². The zero-order valence-corrected chi connectivity index (χ0v) is 7.25. The number of carbonyl (C=O) groups is 1. The minimum Gasteiger partial charge on any atom is -0.466 e. The third kappa shape index (κ3) is 6.09. The van der Waals surface area contributed by atoms with Gasteiger partial charge in [0.25, 0.3) is 0 Å². The highest BCUT2D eigenvalue weighted by atomic mass is 19.1. The van der Waals surface area contributed by atoms with Crippen LogP contribution in [0.15, 0.2) is 0 Å². The highest BCUT2D eigenvalue weighted by Crippen LogP contribution is 2.04. The summed E-state index contributed by atoms with van der Waals surface area (Å²) in [6.07, 6.45) is -0.330. The van der Waals surface area contributed by atoms with Crippen molar-refractivity contribution in [3.8, 4) is 0 Å². The van der Waals surface area contributed by atoms with Crippen LogP contribution in [0.2, 0.25) is 0 Å². The molecule has 0 rings (SSSR count). The van der Waals surface area contributed by atoms with E-state index >= 15 is 0 Å². The monoisotopic (exact) mass is 178 g/mol. The van der Waals surface area contributed by atoms with Crippen molar-refractivity contribution in [3.05, 3.63) is 0 Å². The Morgan fingerprint density at radius 1 is 1.67 bits per heavy atom. The first-order valence-electron chi connectivity index (χ1n) is 4.11. The van der Waals surface area contributed by atoms with E-state index in [0.717, 1.165) is 0 Å². The smallest absolute Gasteiger partial charge is 0.305 e. The van der Waals surface area contributed by atoms with Gasteiger partial charge < -0.3 is 9.84 Å². The van der Waals surface area contributed by atoms with E-state index in [9.17, 15) is 9.18 Å². The van der Waals surface area contributed by atoms with Gasteiger partial charge in [-0.25, -0.2) is 4.39 Å². The molecule has 1 unspecified atom stereocenters. The second-order valence-electron chi connectivity index (χ2n) is 2.48. The first kappa shape index (κ1) is 11.4. The molecule has 0 aliphatic heterocycles. The minimum atomic E-state index is -1.21. The van der Waals surface area contributed by atoms with Crippen LogP contribution in [0, 0.1) is 0 Å². The van der Waals surface area contributed by atoms with Gasteiger partial charge in [0.15, 0.2) is 0 Å². The van der Waals surface area contributed by atoms with E-state index in [1.54, 1.807) is 6.92 Å². The Balaban J connectivity index is 3.24. The molecule has 72 valence electrons. The Morgan fingerprint density at radius 2 is 2.33 bits per heavy atom. The fourth-order valence-corrected chi connectivity index (χ4v) is 0.792. The molecule has 0 heterocycles. The lowest BCUT2D eigenvalue weighted by Crippen LogP contribution is -2.08. The largest absolute Gasteiger partial charge is 0.466 e. The van der Waals surface area contributed by atoms with Crippen LogP contribution in [-0.2, 0) is 9.53 Å². The van der Waals surface area contributed by atoms with Crippen LogP contribution in [0.5, 0.6) is 0 Å². The lowest BCUT2D eigenvalue weighted by atomic mass is 10.2. The van der Waals surface area contributed by atoms with E-state index in [-0.39, 0.29) is 18.8 Å². The summed E-state index contributed by atoms with van der Waals surface area (Å²) < 4.78 is 17.0. The fraction of sp³-hybridized carbons (Fsp3) is 0.875. The van der Waals surface area contributed by atoms with Gasteiger partial charge in [-0.1, -0.05) is 0 Å². The number of hydrogen-bond acceptors (Lipinski definition) is 3. The van der Waals surface area contributed by atoms with Gasteiger partial charge in [-0.05, 0) is 19.8 Å². The molecule has 0 aromatic carbocycles. The summed E-state index contributed by atoms with van der Waals surface area (Å²) in [6, 6.07) is 0. The number of carbonyl (C=O) groups excluding carboxylic acids is 1. The summed E-state index contributed by atoms with van der Waals surface area (Å²) in [5.41, 5.74) is 0. The molecule has 1 atom stereocenters. The zero-order valence-electron chi connectivity index (χ0n) is 7.25. The summed E-state index contributed by atoms with van der Waals surface area (Å²) in [4.78, 5) is 10.7. The number of esters is 1. The maximum absolute atomic E-state index is 12.4. The molecule has 0 aliphatic rings. The molecule has 0 radical (unpaired) electrons. The quantitative estimate of drug-likeness (QED) is 0.618. The lowest BCUT2D eigenvalue weighted by Gasteiger charge is -2.03. The van der Waals surface area contributed by atoms with Crippen LogP contribution in [-0.4, -0.2) is 30.5 Å². The van der Waals surface area contributed by atoms with Crippen molar-refractivity contribution in [3.63, 3.8) is 0 Å². The van der Waals surface area contributed by atoms with E-state index in [4.69, 9.17) is 5.11 Å². The Bertz CT molecular complexity index is 127. The molecule has 0 fully saturated rings. The van der Waals surface area contributed by atoms with Gasteiger partial charge in [0.2, 0.25) is 0 Å². The van der Waals surface area contributed by atoms with E-state index in [0.29, 0.717) is 13.0 Å². The summed E-state index contributed by atoms with van der Waals surface area (Å²) in [6.45, 7) is 1.62. The maximum Gasteiger partial charge on any atom is 0.305 e. The van der Waals surface area contributed by atoms with Gasteiger partial charge in [-0.15, -0.1) is 0 Å². The summed E-state index contributed by atoms with van der Waals surface area (Å²) >= 11 is 0. The first-order valence-corrected chi connectivity index (χ1v) is 4.11. The predicted molar refractivity (Wildman–Crippen MR) is 42.5 cm³/mol. The van der Waals surface area contributed by atoms with Crippen LogP contribution in [0.4, 0.5) is 4.39 Å². The first-order chi connectivity index (χ1) is 5.70. The number of hydrogen-bond donors (Lipinski definition) is 1. The second kappa shape index (κ2) is 7.03. The molecule has 0 spiro atoms. The van der Waals surface area contributed by atoms with Crippen molar-refractivity contribution in [2.75, 3.05) is 13.2 Å².